The minimum Gasteiger partial charge on any atom is -0.192 e. The Morgan fingerprint density at radius 1 is 1.27 bits per heavy atom. The first-order valence-electron chi connectivity index (χ1n) is 3.01. The molecular weight excluding hydrogens is 270 g/mol. The Balaban J connectivity index is 3.35. The minimum absolute atomic E-state index is 0.708. The van der Waals surface area contributed by atoms with E-state index in [1.807, 2.05) is 13.0 Å². The van der Waals surface area contributed by atoms with Crippen molar-refractivity contribution in [2.24, 2.45) is 0 Å². The van der Waals surface area contributed by atoms with Gasteiger partial charge in [0.15, 0.2) is 0 Å². The molecule has 0 bridgehead atoms. The normalized spacial score (nSPS) is 9.27. The number of benzene rings is 1. The second kappa shape index (κ2) is 3.38. The molecule has 3 heteroatoms. The summed E-state index contributed by atoms with van der Waals surface area (Å²) >= 11 is 6.68. The molecule has 1 aromatic carbocycles. The van der Waals surface area contributed by atoms with Crippen LogP contribution in [0.5, 0.6) is 0 Å². The van der Waals surface area contributed by atoms with Gasteiger partial charge in [0.25, 0.3) is 0 Å². The molecule has 0 fully saturated rings. The molecule has 0 N–H and O–H groups in total. The number of rotatable bonds is 0. The van der Waals surface area contributed by atoms with Gasteiger partial charge in [0, 0.05) is 8.95 Å². The van der Waals surface area contributed by atoms with Crippen LogP contribution in [0.4, 0.5) is 0 Å². The first kappa shape index (κ1) is 8.76. The highest BCUT2D eigenvalue weighted by Gasteiger charge is 2.01. The third-order valence-corrected chi connectivity index (χ3v) is 3.23. The summed E-state index contributed by atoms with van der Waals surface area (Å²) in [7, 11) is 0. The van der Waals surface area contributed by atoms with Gasteiger partial charge in [-0.25, -0.2) is 0 Å². The lowest BCUT2D eigenvalue weighted by Gasteiger charge is -1.99. The van der Waals surface area contributed by atoms with Crippen molar-refractivity contribution in [3.63, 3.8) is 0 Å². The molecule has 0 unspecified atom stereocenters. The predicted octanol–water partition coefficient (Wildman–Crippen LogP) is 3.39. The maximum absolute atomic E-state index is 8.65. The van der Waals surface area contributed by atoms with Gasteiger partial charge in [-0.2, -0.15) is 5.26 Å². The highest BCUT2D eigenvalue weighted by atomic mass is 79.9. The average molecular weight is 275 g/mol. The summed E-state index contributed by atoms with van der Waals surface area (Å²) in [5.74, 6) is 0. The van der Waals surface area contributed by atoms with Crippen LogP contribution >= 0.6 is 31.9 Å². The van der Waals surface area contributed by atoms with E-state index in [2.05, 4.69) is 37.9 Å². The molecule has 1 nitrogen and oxygen atoms in total. The first-order valence-corrected chi connectivity index (χ1v) is 4.59. The van der Waals surface area contributed by atoms with Gasteiger partial charge in [0.2, 0.25) is 0 Å². The zero-order chi connectivity index (χ0) is 8.43. The molecular formula is C8H5Br2N. The number of aryl methyl sites for hydroxylation is 1. The van der Waals surface area contributed by atoms with Crippen LogP contribution in [0.1, 0.15) is 11.1 Å². The van der Waals surface area contributed by atoms with Gasteiger partial charge in [0.1, 0.15) is 0 Å². The first-order chi connectivity index (χ1) is 5.15. The number of halogens is 2. The Morgan fingerprint density at radius 3 is 2.36 bits per heavy atom. The van der Waals surface area contributed by atoms with E-state index in [0.29, 0.717) is 5.56 Å². The van der Waals surface area contributed by atoms with Gasteiger partial charge < -0.3 is 0 Å². The molecule has 0 saturated heterocycles. The van der Waals surface area contributed by atoms with Crippen LogP contribution in [0.15, 0.2) is 21.1 Å². The smallest absolute Gasteiger partial charge is 0.0994 e. The van der Waals surface area contributed by atoms with Gasteiger partial charge >= 0.3 is 0 Å². The molecule has 1 rings (SSSR count). The highest BCUT2D eigenvalue weighted by Crippen LogP contribution is 2.25. The number of hydrogen-bond donors (Lipinski definition) is 0. The fourth-order valence-corrected chi connectivity index (χ4v) is 1.57. The van der Waals surface area contributed by atoms with Gasteiger partial charge in [-0.1, -0.05) is 0 Å². The van der Waals surface area contributed by atoms with E-state index < -0.39 is 0 Å². The van der Waals surface area contributed by atoms with Crippen LogP contribution in [0.3, 0.4) is 0 Å². The summed E-state index contributed by atoms with van der Waals surface area (Å²) in [5, 5.41) is 8.65. The van der Waals surface area contributed by atoms with E-state index in [-0.39, 0.29) is 0 Å². The summed E-state index contributed by atoms with van der Waals surface area (Å²) in [6.45, 7) is 1.91. The van der Waals surface area contributed by atoms with E-state index in [9.17, 15) is 0 Å². The molecule has 0 aliphatic carbocycles. The van der Waals surface area contributed by atoms with E-state index in [4.69, 9.17) is 5.26 Å². The molecule has 0 aliphatic heterocycles. The zero-order valence-corrected chi connectivity index (χ0v) is 9.03. The second-order valence-corrected chi connectivity index (χ2v) is 3.90. The van der Waals surface area contributed by atoms with E-state index in [1.165, 1.54) is 0 Å². The maximum atomic E-state index is 8.65. The Bertz CT molecular complexity index is 326. The van der Waals surface area contributed by atoms with Crippen LogP contribution < -0.4 is 0 Å². The van der Waals surface area contributed by atoms with Crippen LogP contribution in [0.2, 0.25) is 0 Å². The fraction of sp³-hybridized carbons (Fsp3) is 0.125. The summed E-state index contributed by atoms with van der Waals surface area (Å²) in [6.07, 6.45) is 0. The van der Waals surface area contributed by atoms with Crippen molar-refractivity contribution in [3.8, 4) is 6.07 Å². The molecule has 0 atom stereocenters. The van der Waals surface area contributed by atoms with Crippen LogP contribution in [0.25, 0.3) is 0 Å². The molecule has 1 aromatic rings. The standard InChI is InChI=1S/C8H5Br2N/c1-5-2-7(9)8(10)3-6(5)4-11/h2-3H,1H3. The van der Waals surface area contributed by atoms with Gasteiger partial charge in [-0.3, -0.25) is 0 Å². The minimum atomic E-state index is 0.708. The zero-order valence-electron chi connectivity index (χ0n) is 5.86. The third kappa shape index (κ3) is 1.82. The average Bonchev–Trinajstić information content (AvgIpc) is 1.97. The SMILES string of the molecule is Cc1cc(Br)c(Br)cc1C#N. The topological polar surface area (TPSA) is 23.8 Å². The molecule has 0 aliphatic rings. The van der Waals surface area contributed by atoms with E-state index in [1.54, 1.807) is 6.07 Å². The van der Waals surface area contributed by atoms with Crippen molar-refractivity contribution in [3.05, 3.63) is 32.2 Å². The maximum Gasteiger partial charge on any atom is 0.0994 e. The lowest BCUT2D eigenvalue weighted by molar-refractivity contribution is 1.37. The summed E-state index contributed by atoms with van der Waals surface area (Å²) < 4.78 is 1.90. The molecule has 0 saturated carbocycles. The third-order valence-electron chi connectivity index (χ3n) is 1.39. The summed E-state index contributed by atoms with van der Waals surface area (Å²) in [6, 6.07) is 5.84. The monoisotopic (exact) mass is 273 g/mol. The second-order valence-electron chi connectivity index (χ2n) is 2.19. The van der Waals surface area contributed by atoms with Crippen molar-refractivity contribution >= 4 is 31.9 Å². The molecule has 0 aromatic heterocycles. The van der Waals surface area contributed by atoms with Crippen LogP contribution in [-0.4, -0.2) is 0 Å². The lowest BCUT2D eigenvalue weighted by Crippen LogP contribution is -1.82. The molecule has 0 amide bonds. The Kier molecular flexibility index (Phi) is 2.69. The van der Waals surface area contributed by atoms with E-state index >= 15 is 0 Å². The van der Waals surface area contributed by atoms with Crippen molar-refractivity contribution < 1.29 is 0 Å². The molecule has 11 heavy (non-hydrogen) atoms. The number of hydrogen-bond acceptors (Lipinski definition) is 1. The number of nitrogens with zero attached hydrogens (tertiary/aromatic N) is 1. The van der Waals surface area contributed by atoms with Crippen molar-refractivity contribution in [2.75, 3.05) is 0 Å². The van der Waals surface area contributed by atoms with Gasteiger partial charge in [-0.05, 0) is 56.5 Å². The summed E-state index contributed by atoms with van der Waals surface area (Å²) in [5.41, 5.74) is 1.70. The van der Waals surface area contributed by atoms with Crippen molar-refractivity contribution in [1.29, 1.82) is 5.26 Å². The van der Waals surface area contributed by atoms with Crippen molar-refractivity contribution in [2.45, 2.75) is 6.92 Å². The Morgan fingerprint density at radius 2 is 1.82 bits per heavy atom. The predicted molar refractivity (Wildman–Crippen MR) is 51.3 cm³/mol. The lowest BCUT2D eigenvalue weighted by atomic mass is 10.1. The fourth-order valence-electron chi connectivity index (χ4n) is 0.767. The van der Waals surface area contributed by atoms with Gasteiger partial charge in [0.05, 0.1) is 11.6 Å². The Hall–Kier alpha value is -0.330. The summed E-state index contributed by atoms with van der Waals surface area (Å²) in [4.78, 5) is 0. The number of nitriles is 1. The molecule has 56 valence electrons. The van der Waals surface area contributed by atoms with Crippen LogP contribution in [0, 0.1) is 18.3 Å². The largest absolute Gasteiger partial charge is 0.192 e. The Labute approximate surface area is 82.3 Å². The molecule has 0 spiro atoms. The van der Waals surface area contributed by atoms with Gasteiger partial charge in [-0.15, -0.1) is 0 Å². The van der Waals surface area contributed by atoms with Crippen LogP contribution in [-0.2, 0) is 0 Å². The quantitative estimate of drug-likeness (QED) is 0.711. The highest BCUT2D eigenvalue weighted by molar-refractivity contribution is 9.13. The molecule has 0 heterocycles. The molecule has 0 radical (unpaired) electrons. The van der Waals surface area contributed by atoms with Crippen molar-refractivity contribution in [1.82, 2.24) is 0 Å². The van der Waals surface area contributed by atoms with E-state index in [0.717, 1.165) is 14.5 Å².